The normalized spacial score (nSPS) is 11.3. The highest BCUT2D eigenvalue weighted by Crippen LogP contribution is 2.13. The summed E-state index contributed by atoms with van der Waals surface area (Å²) in [5.41, 5.74) is 0. The van der Waals surface area contributed by atoms with Crippen molar-refractivity contribution in [1.82, 2.24) is 9.97 Å². The van der Waals surface area contributed by atoms with E-state index in [0.29, 0.717) is 12.4 Å². The fourth-order valence-electron chi connectivity index (χ4n) is 0.912. The van der Waals surface area contributed by atoms with Gasteiger partial charge in [-0.3, -0.25) is 0 Å². The molecular weight excluding hydrogens is 234 g/mol. The van der Waals surface area contributed by atoms with Gasteiger partial charge in [0.05, 0.1) is 5.75 Å². The summed E-state index contributed by atoms with van der Waals surface area (Å²) in [6, 6.07) is 1.78. The zero-order chi connectivity index (χ0) is 11.3. The predicted octanol–water partition coefficient (Wildman–Crippen LogP) is 0.655. The molecule has 0 bridgehead atoms. The molecule has 0 aliphatic rings. The van der Waals surface area contributed by atoms with E-state index in [9.17, 15) is 8.42 Å². The van der Waals surface area contributed by atoms with Crippen LogP contribution in [0.25, 0.3) is 0 Å². The van der Waals surface area contributed by atoms with E-state index in [1.54, 1.807) is 6.07 Å². The van der Waals surface area contributed by atoms with Gasteiger partial charge in [0.1, 0.15) is 27.0 Å². The average molecular weight is 247 g/mol. The van der Waals surface area contributed by atoms with Gasteiger partial charge in [0.15, 0.2) is 0 Å². The van der Waals surface area contributed by atoms with Crippen molar-refractivity contribution in [3.05, 3.63) is 12.4 Å². The number of anilines is 1. The molecule has 0 saturated carbocycles. The van der Waals surface area contributed by atoms with Crippen molar-refractivity contribution in [2.75, 3.05) is 30.1 Å². The smallest absolute Gasteiger partial charge is 0.149 e. The molecule has 84 valence electrons. The second-order valence-electron chi connectivity index (χ2n) is 3.00. The molecule has 0 amide bonds. The molecule has 1 heterocycles. The molecule has 0 radical (unpaired) electrons. The molecule has 1 aromatic rings. The fourth-order valence-corrected chi connectivity index (χ4v) is 1.77. The van der Waals surface area contributed by atoms with Gasteiger partial charge in [-0.05, 0) is 6.26 Å². The number of thioether (sulfide) groups is 1. The number of rotatable bonds is 5. The highest BCUT2D eigenvalue weighted by Gasteiger charge is 2.02. The highest BCUT2D eigenvalue weighted by atomic mass is 32.2. The molecule has 0 atom stereocenters. The van der Waals surface area contributed by atoms with E-state index in [0.717, 1.165) is 5.03 Å². The number of nitrogens with zero attached hydrogens (tertiary/aromatic N) is 2. The third-order valence-electron chi connectivity index (χ3n) is 1.63. The van der Waals surface area contributed by atoms with Crippen LogP contribution in [0.2, 0.25) is 0 Å². The molecule has 0 fully saturated rings. The molecule has 1 rings (SSSR count). The second kappa shape index (κ2) is 5.32. The van der Waals surface area contributed by atoms with Gasteiger partial charge in [-0.15, -0.1) is 11.8 Å². The van der Waals surface area contributed by atoms with Crippen molar-refractivity contribution in [3.63, 3.8) is 0 Å². The van der Waals surface area contributed by atoms with Crippen LogP contribution in [0, 0.1) is 0 Å². The molecule has 1 N–H and O–H groups in total. The minimum atomic E-state index is -2.92. The Kier molecular flexibility index (Phi) is 4.34. The lowest BCUT2D eigenvalue weighted by Gasteiger charge is -2.04. The first-order chi connectivity index (χ1) is 7.01. The maximum Gasteiger partial charge on any atom is 0.149 e. The van der Waals surface area contributed by atoms with Crippen LogP contribution in [0.3, 0.4) is 0 Å². The summed E-state index contributed by atoms with van der Waals surface area (Å²) in [5.74, 6) is 0.754. The van der Waals surface area contributed by atoms with Crippen LogP contribution in [0.15, 0.2) is 17.4 Å². The van der Waals surface area contributed by atoms with Crippen LogP contribution >= 0.6 is 11.8 Å². The Morgan fingerprint density at radius 3 is 2.80 bits per heavy atom. The quantitative estimate of drug-likeness (QED) is 0.608. The Morgan fingerprint density at radius 1 is 1.47 bits per heavy atom. The summed E-state index contributed by atoms with van der Waals surface area (Å²) in [4.78, 5) is 7.98. The molecule has 5 nitrogen and oxygen atoms in total. The summed E-state index contributed by atoms with van der Waals surface area (Å²) in [7, 11) is -2.92. The first-order valence-electron chi connectivity index (χ1n) is 4.29. The van der Waals surface area contributed by atoms with Gasteiger partial charge >= 0.3 is 0 Å². The molecule has 0 unspecified atom stereocenters. The first kappa shape index (κ1) is 12.3. The molecule has 15 heavy (non-hydrogen) atoms. The third kappa shape index (κ3) is 4.98. The van der Waals surface area contributed by atoms with Crippen LogP contribution in [0.4, 0.5) is 5.82 Å². The average Bonchev–Trinajstić information content (AvgIpc) is 2.16. The number of nitrogens with one attached hydrogen (secondary N) is 1. The van der Waals surface area contributed by atoms with Crippen LogP contribution in [0.5, 0.6) is 0 Å². The van der Waals surface area contributed by atoms with Crippen molar-refractivity contribution in [2.45, 2.75) is 5.03 Å². The van der Waals surface area contributed by atoms with Crippen LogP contribution in [-0.4, -0.2) is 43.2 Å². The van der Waals surface area contributed by atoms with E-state index in [1.807, 2.05) is 6.26 Å². The standard InChI is InChI=1S/C8H13N3O2S2/c1-14-8-5-7(10-6-11-8)9-3-4-15(2,12)13/h5-6H,3-4H2,1-2H3,(H,9,10,11). The monoisotopic (exact) mass is 247 g/mol. The predicted molar refractivity (Wildman–Crippen MR) is 62.0 cm³/mol. The number of hydrogen-bond donors (Lipinski definition) is 1. The Labute approximate surface area is 93.6 Å². The van der Waals surface area contributed by atoms with Crippen molar-refractivity contribution in [1.29, 1.82) is 0 Å². The van der Waals surface area contributed by atoms with Gasteiger partial charge in [0, 0.05) is 18.9 Å². The molecule has 1 aromatic heterocycles. The van der Waals surface area contributed by atoms with Crippen molar-refractivity contribution in [2.24, 2.45) is 0 Å². The molecule has 0 aromatic carbocycles. The van der Waals surface area contributed by atoms with E-state index in [4.69, 9.17) is 0 Å². The van der Waals surface area contributed by atoms with E-state index < -0.39 is 9.84 Å². The minimum absolute atomic E-state index is 0.103. The second-order valence-corrected chi connectivity index (χ2v) is 6.09. The van der Waals surface area contributed by atoms with Gasteiger partial charge in [-0.2, -0.15) is 0 Å². The van der Waals surface area contributed by atoms with Crippen molar-refractivity contribution >= 4 is 27.4 Å². The maximum absolute atomic E-state index is 10.9. The van der Waals surface area contributed by atoms with Gasteiger partial charge in [0.25, 0.3) is 0 Å². The fraction of sp³-hybridized carbons (Fsp3) is 0.500. The highest BCUT2D eigenvalue weighted by molar-refractivity contribution is 7.98. The first-order valence-corrected chi connectivity index (χ1v) is 7.57. The van der Waals surface area contributed by atoms with Crippen LogP contribution < -0.4 is 5.32 Å². The van der Waals surface area contributed by atoms with E-state index in [1.165, 1.54) is 24.3 Å². The minimum Gasteiger partial charge on any atom is -0.369 e. The Morgan fingerprint density at radius 2 is 2.20 bits per heavy atom. The van der Waals surface area contributed by atoms with Crippen molar-refractivity contribution < 1.29 is 8.42 Å². The zero-order valence-corrected chi connectivity index (χ0v) is 10.2. The van der Waals surface area contributed by atoms with Gasteiger partial charge < -0.3 is 5.32 Å². The zero-order valence-electron chi connectivity index (χ0n) is 8.60. The lowest BCUT2D eigenvalue weighted by atomic mass is 10.5. The molecule has 0 spiro atoms. The molecule has 0 aliphatic heterocycles. The Bertz CT molecular complexity index is 420. The summed E-state index contributed by atoms with van der Waals surface area (Å²) in [6.45, 7) is 0.365. The summed E-state index contributed by atoms with van der Waals surface area (Å²) < 4.78 is 21.7. The van der Waals surface area contributed by atoms with Gasteiger partial charge in [-0.25, -0.2) is 18.4 Å². The third-order valence-corrected chi connectivity index (χ3v) is 3.22. The number of hydrogen-bond acceptors (Lipinski definition) is 6. The summed E-state index contributed by atoms with van der Waals surface area (Å²) in [5, 5.41) is 3.79. The topological polar surface area (TPSA) is 72.0 Å². The largest absolute Gasteiger partial charge is 0.369 e. The molecular formula is C8H13N3O2S2. The van der Waals surface area contributed by atoms with E-state index in [-0.39, 0.29) is 5.75 Å². The van der Waals surface area contributed by atoms with Crippen molar-refractivity contribution in [3.8, 4) is 0 Å². The number of sulfone groups is 1. The lowest BCUT2D eigenvalue weighted by Crippen LogP contribution is -2.14. The molecule has 7 heteroatoms. The van der Waals surface area contributed by atoms with Crippen LogP contribution in [-0.2, 0) is 9.84 Å². The Hall–Kier alpha value is -0.820. The SMILES string of the molecule is CSc1cc(NCCS(C)(=O)=O)ncn1. The number of aromatic nitrogens is 2. The Balaban J connectivity index is 2.51. The van der Waals surface area contributed by atoms with E-state index >= 15 is 0 Å². The van der Waals surface area contributed by atoms with Gasteiger partial charge in [-0.1, -0.05) is 0 Å². The summed E-state index contributed by atoms with van der Waals surface area (Å²) in [6.07, 6.45) is 4.58. The van der Waals surface area contributed by atoms with E-state index in [2.05, 4.69) is 15.3 Å². The lowest BCUT2D eigenvalue weighted by molar-refractivity contribution is 0.602. The van der Waals surface area contributed by atoms with Gasteiger partial charge in [0.2, 0.25) is 0 Å². The molecule has 0 aliphatic carbocycles. The molecule has 0 saturated heterocycles. The van der Waals surface area contributed by atoms with Crippen LogP contribution in [0.1, 0.15) is 0 Å². The summed E-state index contributed by atoms with van der Waals surface area (Å²) >= 11 is 1.51. The maximum atomic E-state index is 10.9.